The van der Waals surface area contributed by atoms with Gasteiger partial charge >= 0.3 is 0 Å². The van der Waals surface area contributed by atoms with E-state index in [1.54, 1.807) is 24.5 Å². The van der Waals surface area contributed by atoms with E-state index < -0.39 is 15.3 Å². The first-order valence-electron chi connectivity index (χ1n) is 11.5. The second-order valence-corrected chi connectivity index (χ2v) is 10.5. The van der Waals surface area contributed by atoms with Crippen LogP contribution < -0.4 is 15.4 Å². The van der Waals surface area contributed by atoms with Crippen molar-refractivity contribution in [2.75, 3.05) is 18.4 Å². The molecule has 9 heteroatoms. The second kappa shape index (κ2) is 9.92. The summed E-state index contributed by atoms with van der Waals surface area (Å²) < 4.78 is 28.3. The van der Waals surface area contributed by atoms with Gasteiger partial charge < -0.3 is 15.6 Å². The first-order valence-corrected chi connectivity index (χ1v) is 13.0. The zero-order chi connectivity index (χ0) is 23.4. The summed E-state index contributed by atoms with van der Waals surface area (Å²) in [7, 11) is -3.40. The largest absolute Gasteiger partial charge is 0.361 e. The van der Waals surface area contributed by atoms with Crippen molar-refractivity contribution in [3.8, 4) is 0 Å². The summed E-state index contributed by atoms with van der Waals surface area (Å²) in [4.78, 5) is 12.0. The van der Waals surface area contributed by atoms with Crippen molar-refractivity contribution in [2.45, 2.75) is 30.6 Å². The lowest BCUT2D eigenvalue weighted by Crippen LogP contribution is -2.45. The van der Waals surface area contributed by atoms with Crippen LogP contribution in [0.1, 0.15) is 30.4 Å². The minimum atomic E-state index is -3.40. The predicted octanol–water partition coefficient (Wildman–Crippen LogP) is 3.42. The van der Waals surface area contributed by atoms with Gasteiger partial charge in [0.25, 0.3) is 0 Å². The molecule has 2 aromatic heterocycles. The fourth-order valence-electron chi connectivity index (χ4n) is 4.24. The maximum atomic E-state index is 12.7. The molecular weight excluding hydrogens is 448 g/mol. The van der Waals surface area contributed by atoms with E-state index >= 15 is 0 Å². The molecule has 0 saturated carbocycles. The summed E-state index contributed by atoms with van der Waals surface area (Å²) >= 11 is 0. The standard InChI is InChI=1S/C25H28N6O2S/c32-34(33,31-21-10-13-26-14-11-21)22-8-6-20(7-9-22)30-25-28-16-18(17-29-25)4-5-19-2-1-3-24-23(19)12-15-27-24/h1-8,12,15-17,21-22,26-27,31H,9-11,13-14H2,(H,28,29,30)/b5-4+. The molecular formula is C25H28N6O2S. The van der Waals surface area contributed by atoms with Crippen LogP contribution in [0.15, 0.2) is 66.8 Å². The van der Waals surface area contributed by atoms with E-state index in [-0.39, 0.29) is 6.04 Å². The van der Waals surface area contributed by atoms with E-state index in [0.29, 0.717) is 12.4 Å². The first kappa shape index (κ1) is 22.5. The minimum absolute atomic E-state index is 0.0139. The van der Waals surface area contributed by atoms with Crippen LogP contribution in [0.3, 0.4) is 0 Å². The molecule has 1 fully saturated rings. The number of aromatic amines is 1. The molecule has 1 aromatic carbocycles. The number of aromatic nitrogens is 3. The van der Waals surface area contributed by atoms with Crippen molar-refractivity contribution in [1.82, 2.24) is 25.0 Å². The Morgan fingerprint density at radius 1 is 1.06 bits per heavy atom. The SMILES string of the molecule is O=S(=O)(NC1CCNCC1)C1C=CC(Nc2ncc(/C=C/c3cccc4[nH]ccc34)cn2)=CC1. The van der Waals surface area contributed by atoms with Gasteiger partial charge in [0.15, 0.2) is 0 Å². The van der Waals surface area contributed by atoms with Gasteiger partial charge in [0.05, 0.1) is 5.25 Å². The van der Waals surface area contributed by atoms with Gasteiger partial charge in [-0.2, -0.15) is 0 Å². The van der Waals surface area contributed by atoms with Gasteiger partial charge in [0.2, 0.25) is 16.0 Å². The maximum Gasteiger partial charge on any atom is 0.227 e. The van der Waals surface area contributed by atoms with Gasteiger partial charge in [-0.05, 0) is 56.1 Å². The van der Waals surface area contributed by atoms with E-state index in [4.69, 9.17) is 0 Å². The number of allylic oxidation sites excluding steroid dienone is 2. The number of nitrogens with zero attached hydrogens (tertiary/aromatic N) is 2. The van der Waals surface area contributed by atoms with Gasteiger partial charge in [-0.1, -0.05) is 36.4 Å². The molecule has 4 N–H and O–H groups in total. The van der Waals surface area contributed by atoms with E-state index in [9.17, 15) is 8.42 Å². The van der Waals surface area contributed by atoms with Crippen LogP contribution in [0.4, 0.5) is 5.95 Å². The minimum Gasteiger partial charge on any atom is -0.361 e. The molecule has 3 heterocycles. The molecule has 5 rings (SSSR count). The number of benzene rings is 1. The Bertz CT molecular complexity index is 1340. The Morgan fingerprint density at radius 3 is 2.65 bits per heavy atom. The molecule has 176 valence electrons. The second-order valence-electron chi connectivity index (χ2n) is 8.56. The van der Waals surface area contributed by atoms with E-state index in [0.717, 1.165) is 48.3 Å². The number of H-pyrrole nitrogens is 1. The lowest BCUT2D eigenvalue weighted by molar-refractivity contribution is 0.425. The van der Waals surface area contributed by atoms with E-state index in [2.05, 4.69) is 42.4 Å². The lowest BCUT2D eigenvalue weighted by Gasteiger charge is -2.26. The first-order chi connectivity index (χ1) is 16.6. The van der Waals surface area contributed by atoms with Gasteiger partial charge in [0.1, 0.15) is 0 Å². The molecule has 1 atom stereocenters. The van der Waals surface area contributed by atoms with Crippen LogP contribution in [0, 0.1) is 0 Å². The highest BCUT2D eigenvalue weighted by Gasteiger charge is 2.27. The molecule has 0 amide bonds. The third-order valence-electron chi connectivity index (χ3n) is 6.14. The highest BCUT2D eigenvalue weighted by Crippen LogP contribution is 2.21. The van der Waals surface area contributed by atoms with Crippen molar-refractivity contribution >= 4 is 39.0 Å². The van der Waals surface area contributed by atoms with Crippen molar-refractivity contribution in [1.29, 1.82) is 0 Å². The third-order valence-corrected chi connectivity index (χ3v) is 7.95. The van der Waals surface area contributed by atoms with Crippen LogP contribution in [0.2, 0.25) is 0 Å². The summed E-state index contributed by atoms with van der Waals surface area (Å²) in [5.74, 6) is 0.468. The van der Waals surface area contributed by atoms with E-state index in [1.807, 2.05) is 36.6 Å². The molecule has 0 radical (unpaired) electrons. The van der Waals surface area contributed by atoms with Crippen molar-refractivity contribution in [3.05, 3.63) is 77.9 Å². The average molecular weight is 477 g/mol. The fraction of sp³-hybridized carbons (Fsp3) is 0.280. The Hall–Kier alpha value is -3.27. The number of nitrogens with one attached hydrogen (secondary N) is 4. The van der Waals surface area contributed by atoms with Gasteiger partial charge in [-0.3, -0.25) is 0 Å². The zero-order valence-electron chi connectivity index (χ0n) is 18.7. The van der Waals surface area contributed by atoms with Crippen LogP contribution in [0.5, 0.6) is 0 Å². The van der Waals surface area contributed by atoms with Gasteiger partial charge in [-0.15, -0.1) is 0 Å². The number of sulfonamides is 1. The van der Waals surface area contributed by atoms with Crippen LogP contribution in [-0.4, -0.2) is 47.8 Å². The van der Waals surface area contributed by atoms with Crippen molar-refractivity contribution in [2.24, 2.45) is 0 Å². The van der Waals surface area contributed by atoms with Crippen LogP contribution in [0.25, 0.3) is 23.1 Å². The van der Waals surface area contributed by atoms with E-state index in [1.165, 1.54) is 5.39 Å². The average Bonchev–Trinajstić information content (AvgIpc) is 3.34. The normalized spacial score (nSPS) is 19.5. The number of rotatable bonds is 7. The topological polar surface area (TPSA) is 112 Å². The molecule has 8 nitrogen and oxygen atoms in total. The molecule has 1 saturated heterocycles. The fourth-order valence-corrected chi connectivity index (χ4v) is 5.75. The van der Waals surface area contributed by atoms with Crippen LogP contribution >= 0.6 is 0 Å². The highest BCUT2D eigenvalue weighted by atomic mass is 32.2. The lowest BCUT2D eigenvalue weighted by atomic mass is 10.1. The van der Waals surface area contributed by atoms with Gasteiger partial charge in [-0.25, -0.2) is 23.1 Å². The molecule has 1 unspecified atom stereocenters. The molecule has 3 aromatic rings. The monoisotopic (exact) mass is 476 g/mol. The summed E-state index contributed by atoms with van der Waals surface area (Å²) in [5.41, 5.74) is 3.90. The molecule has 1 aliphatic heterocycles. The Kier molecular flexibility index (Phi) is 6.57. The smallest absolute Gasteiger partial charge is 0.227 e. The molecule has 0 spiro atoms. The summed E-state index contributed by atoms with van der Waals surface area (Å²) in [6.45, 7) is 1.69. The zero-order valence-corrected chi connectivity index (χ0v) is 19.6. The Morgan fingerprint density at radius 2 is 1.88 bits per heavy atom. The molecule has 0 bridgehead atoms. The van der Waals surface area contributed by atoms with Crippen molar-refractivity contribution in [3.63, 3.8) is 0 Å². The molecule has 1 aliphatic carbocycles. The number of anilines is 1. The van der Waals surface area contributed by atoms with Crippen molar-refractivity contribution < 1.29 is 8.42 Å². The number of hydrogen-bond acceptors (Lipinski definition) is 6. The maximum absolute atomic E-state index is 12.7. The highest BCUT2D eigenvalue weighted by molar-refractivity contribution is 7.90. The summed E-state index contributed by atoms with van der Waals surface area (Å²) in [6.07, 6.45) is 16.9. The third kappa shape index (κ3) is 5.27. The summed E-state index contributed by atoms with van der Waals surface area (Å²) in [5, 5.41) is 7.01. The molecule has 2 aliphatic rings. The quantitative estimate of drug-likeness (QED) is 0.416. The Balaban J connectivity index is 1.17. The molecule has 34 heavy (non-hydrogen) atoms. The number of fused-ring (bicyclic) bond motifs is 1. The van der Waals surface area contributed by atoms with Gasteiger partial charge in [0, 0.05) is 46.8 Å². The van der Waals surface area contributed by atoms with Crippen LogP contribution in [-0.2, 0) is 10.0 Å². The number of hydrogen-bond donors (Lipinski definition) is 4. The Labute approximate surface area is 199 Å². The number of piperidine rings is 1. The predicted molar refractivity (Wildman–Crippen MR) is 136 cm³/mol. The summed E-state index contributed by atoms with van der Waals surface area (Å²) in [6, 6.07) is 8.21.